The van der Waals surface area contributed by atoms with Gasteiger partial charge in [-0.1, -0.05) is 30.3 Å². The fraction of sp³-hybridized carbons (Fsp3) is 0.321. The molecule has 7 heteroatoms. The maximum absolute atomic E-state index is 13.3. The van der Waals surface area contributed by atoms with Gasteiger partial charge in [0.15, 0.2) is 6.61 Å². The number of nitrogens with zero attached hydrogens (tertiary/aromatic N) is 1. The fourth-order valence-corrected chi connectivity index (χ4v) is 6.17. The first-order valence-electron chi connectivity index (χ1n) is 11.8. The van der Waals surface area contributed by atoms with Crippen LogP contribution >= 0.6 is 0 Å². The number of benzene rings is 3. The van der Waals surface area contributed by atoms with E-state index in [2.05, 4.69) is 31.3 Å². The Morgan fingerprint density at radius 2 is 1.69 bits per heavy atom. The molecule has 0 bridgehead atoms. The van der Waals surface area contributed by atoms with Crippen molar-refractivity contribution in [2.45, 2.75) is 52.0 Å². The Kier molecular flexibility index (Phi) is 6.90. The van der Waals surface area contributed by atoms with Crippen molar-refractivity contribution < 1.29 is 17.9 Å². The molecule has 1 aliphatic rings. The topological polar surface area (TPSA) is 75.7 Å². The van der Waals surface area contributed by atoms with Crippen molar-refractivity contribution in [3.63, 3.8) is 0 Å². The van der Waals surface area contributed by atoms with Gasteiger partial charge in [0, 0.05) is 6.54 Å². The Balaban J connectivity index is 1.41. The fourth-order valence-electron chi connectivity index (χ4n) is 4.58. The lowest BCUT2D eigenvalue weighted by Gasteiger charge is -2.20. The molecule has 0 radical (unpaired) electrons. The highest BCUT2D eigenvalue weighted by Gasteiger charge is 2.30. The van der Waals surface area contributed by atoms with Gasteiger partial charge in [-0.2, -0.15) is 0 Å². The summed E-state index contributed by atoms with van der Waals surface area (Å²) in [6.45, 7) is 10.2. The molecule has 6 nitrogen and oxygen atoms in total. The highest BCUT2D eigenvalue weighted by Crippen LogP contribution is 2.33. The molecule has 1 amide bonds. The molecule has 0 fully saturated rings. The molecule has 3 aromatic carbocycles. The number of anilines is 1. The van der Waals surface area contributed by atoms with E-state index in [0.717, 1.165) is 22.4 Å². The molecule has 4 rings (SSSR count). The number of hydrogen-bond donors (Lipinski definition) is 1. The van der Waals surface area contributed by atoms with E-state index in [1.807, 2.05) is 38.1 Å². The predicted octanol–water partition coefficient (Wildman–Crippen LogP) is 4.93. The van der Waals surface area contributed by atoms with E-state index in [-0.39, 0.29) is 23.5 Å². The number of amides is 1. The second-order valence-electron chi connectivity index (χ2n) is 9.25. The van der Waals surface area contributed by atoms with Crippen molar-refractivity contribution in [1.29, 1.82) is 0 Å². The lowest BCUT2D eigenvalue weighted by molar-refractivity contribution is -0.123. The number of aryl methyl sites for hydroxylation is 4. The summed E-state index contributed by atoms with van der Waals surface area (Å²) in [5.74, 6) is 0.246. The van der Waals surface area contributed by atoms with Crippen LogP contribution in [0.5, 0.6) is 5.75 Å². The lowest BCUT2D eigenvalue weighted by Crippen LogP contribution is -2.31. The van der Waals surface area contributed by atoms with Gasteiger partial charge < -0.3 is 10.1 Å². The number of nitrogens with one attached hydrogen (secondary N) is 1. The first kappa shape index (κ1) is 24.8. The standard InChI is InChI=1S/C28H32N2O4S/c1-18-14-20(3)25(16-19(18)2)22(5)29-28(31)17-34-27-11-10-24(15-21(27)4)35(32,33)30-13-12-23-8-6-7-9-26(23)30/h6-11,14-16,22H,12-13,17H2,1-5H3,(H,29,31)/t22-/m1/s1. The Hall–Kier alpha value is -3.32. The third kappa shape index (κ3) is 5.05. The highest BCUT2D eigenvalue weighted by molar-refractivity contribution is 7.92. The van der Waals surface area contributed by atoms with E-state index in [9.17, 15) is 13.2 Å². The van der Waals surface area contributed by atoms with Crippen LogP contribution in [-0.4, -0.2) is 27.5 Å². The molecule has 0 aliphatic carbocycles. The quantitative estimate of drug-likeness (QED) is 0.508. The number of carbonyl (C=O) groups is 1. The molecule has 184 valence electrons. The van der Waals surface area contributed by atoms with Crippen LogP contribution < -0.4 is 14.4 Å². The third-order valence-corrected chi connectivity index (χ3v) is 8.47. The zero-order valence-corrected chi connectivity index (χ0v) is 21.7. The zero-order chi connectivity index (χ0) is 25.3. The van der Waals surface area contributed by atoms with Gasteiger partial charge in [0.25, 0.3) is 15.9 Å². The van der Waals surface area contributed by atoms with E-state index in [1.54, 1.807) is 19.1 Å². The van der Waals surface area contributed by atoms with Crippen LogP contribution in [0, 0.1) is 27.7 Å². The highest BCUT2D eigenvalue weighted by atomic mass is 32.2. The first-order valence-corrected chi connectivity index (χ1v) is 13.2. The van der Waals surface area contributed by atoms with Crippen molar-refractivity contribution in [2.24, 2.45) is 0 Å². The van der Waals surface area contributed by atoms with Gasteiger partial charge >= 0.3 is 0 Å². The molecular weight excluding hydrogens is 460 g/mol. The van der Waals surface area contributed by atoms with Crippen LogP contribution in [0.25, 0.3) is 0 Å². The molecular formula is C28H32N2O4S. The van der Waals surface area contributed by atoms with Crippen LogP contribution in [0.3, 0.4) is 0 Å². The summed E-state index contributed by atoms with van der Waals surface area (Å²) in [7, 11) is -3.68. The molecule has 1 heterocycles. The van der Waals surface area contributed by atoms with Crippen molar-refractivity contribution in [3.05, 3.63) is 88.0 Å². The molecule has 1 atom stereocenters. The van der Waals surface area contributed by atoms with E-state index in [4.69, 9.17) is 4.74 Å². The van der Waals surface area contributed by atoms with Crippen molar-refractivity contribution in [2.75, 3.05) is 17.5 Å². The average Bonchev–Trinajstić information content (AvgIpc) is 3.25. The smallest absolute Gasteiger partial charge is 0.264 e. The number of rotatable bonds is 7. The number of ether oxygens (including phenoxy) is 1. The minimum absolute atomic E-state index is 0.151. The largest absolute Gasteiger partial charge is 0.484 e. The van der Waals surface area contributed by atoms with Crippen molar-refractivity contribution >= 4 is 21.6 Å². The van der Waals surface area contributed by atoms with E-state index >= 15 is 0 Å². The second-order valence-corrected chi connectivity index (χ2v) is 11.1. The SMILES string of the molecule is Cc1cc(C)c([C@@H](C)NC(=O)COc2ccc(S(=O)(=O)N3CCc4ccccc43)cc2C)cc1C. The zero-order valence-electron chi connectivity index (χ0n) is 20.9. The average molecular weight is 493 g/mol. The van der Waals surface area contributed by atoms with Crippen molar-refractivity contribution in [1.82, 2.24) is 5.32 Å². The Labute approximate surface area is 208 Å². The minimum atomic E-state index is -3.68. The molecule has 0 spiro atoms. The maximum Gasteiger partial charge on any atom is 0.264 e. The minimum Gasteiger partial charge on any atom is -0.484 e. The van der Waals surface area contributed by atoms with Gasteiger partial charge in [-0.05, 0) is 98.7 Å². The van der Waals surface area contributed by atoms with Crippen molar-refractivity contribution in [3.8, 4) is 5.75 Å². The van der Waals surface area contributed by atoms with Crippen LogP contribution in [0.15, 0.2) is 59.5 Å². The number of hydrogen-bond acceptors (Lipinski definition) is 4. The normalized spacial score (nSPS) is 13.9. The Morgan fingerprint density at radius 1 is 0.971 bits per heavy atom. The summed E-state index contributed by atoms with van der Waals surface area (Å²) in [5, 5.41) is 2.99. The molecule has 1 N–H and O–H groups in total. The van der Waals surface area contributed by atoms with Gasteiger partial charge in [0.1, 0.15) is 5.75 Å². The van der Waals surface area contributed by atoms with Gasteiger partial charge in [-0.3, -0.25) is 9.10 Å². The molecule has 35 heavy (non-hydrogen) atoms. The Morgan fingerprint density at radius 3 is 2.43 bits per heavy atom. The third-order valence-electron chi connectivity index (χ3n) is 6.66. The summed E-state index contributed by atoms with van der Waals surface area (Å²) in [4.78, 5) is 12.8. The molecule has 0 saturated heterocycles. The van der Waals surface area contributed by atoms with Gasteiger partial charge in [0.05, 0.1) is 16.6 Å². The number of fused-ring (bicyclic) bond motifs is 1. The number of carbonyl (C=O) groups excluding carboxylic acids is 1. The molecule has 0 aromatic heterocycles. The van der Waals surface area contributed by atoms with Gasteiger partial charge in [-0.25, -0.2) is 8.42 Å². The summed E-state index contributed by atoms with van der Waals surface area (Å²) >= 11 is 0. The van der Waals surface area contributed by atoms with Crippen LogP contribution in [0.2, 0.25) is 0 Å². The summed E-state index contributed by atoms with van der Waals surface area (Å²) < 4.78 is 33.7. The molecule has 0 saturated carbocycles. The van der Waals surface area contributed by atoms with E-state index < -0.39 is 10.0 Å². The Bertz CT molecular complexity index is 1380. The predicted molar refractivity (Wildman–Crippen MR) is 139 cm³/mol. The first-order chi connectivity index (χ1) is 16.6. The monoisotopic (exact) mass is 492 g/mol. The molecule has 3 aromatic rings. The van der Waals surface area contributed by atoms with Gasteiger partial charge in [-0.15, -0.1) is 0 Å². The number of sulfonamides is 1. The van der Waals surface area contributed by atoms with Crippen LogP contribution in [0.1, 0.15) is 46.3 Å². The van der Waals surface area contributed by atoms with Gasteiger partial charge in [0.2, 0.25) is 0 Å². The molecule has 1 aliphatic heterocycles. The van der Waals surface area contributed by atoms with E-state index in [0.29, 0.717) is 24.3 Å². The van der Waals surface area contributed by atoms with E-state index in [1.165, 1.54) is 21.5 Å². The lowest BCUT2D eigenvalue weighted by atomic mass is 9.96. The summed E-state index contributed by atoms with van der Waals surface area (Å²) in [5.41, 5.74) is 7.04. The van der Waals surface area contributed by atoms with Crippen LogP contribution in [0.4, 0.5) is 5.69 Å². The maximum atomic E-state index is 13.3. The van der Waals surface area contributed by atoms with Crippen LogP contribution in [-0.2, 0) is 21.2 Å². The number of para-hydroxylation sites is 1. The second kappa shape index (κ2) is 9.74. The summed E-state index contributed by atoms with van der Waals surface area (Å²) in [6.07, 6.45) is 0.699. The molecule has 0 unspecified atom stereocenters. The summed E-state index contributed by atoms with van der Waals surface area (Å²) in [6, 6.07) is 16.4.